The molecule has 0 spiro atoms. The molecule has 84 valence electrons. The molecular formula is C10H15NO4. The molecule has 0 saturated carbocycles. The molecule has 1 unspecified atom stereocenters. The fourth-order valence-corrected chi connectivity index (χ4v) is 1.08. The zero-order valence-electron chi connectivity index (χ0n) is 9.36. The zero-order chi connectivity index (χ0) is 11.4. The van der Waals surface area contributed by atoms with Gasteiger partial charge in [0.1, 0.15) is 6.10 Å². The Labute approximate surface area is 88.4 Å². The lowest BCUT2D eigenvalue weighted by Crippen LogP contribution is -2.04. The fourth-order valence-electron chi connectivity index (χ4n) is 1.08. The highest BCUT2D eigenvalue weighted by Crippen LogP contribution is 2.19. The Morgan fingerprint density at radius 3 is 2.80 bits per heavy atom. The van der Waals surface area contributed by atoms with Gasteiger partial charge in [-0.25, -0.2) is 9.78 Å². The molecule has 0 amide bonds. The Balaban J connectivity index is 2.90. The number of hydrogen-bond donors (Lipinski definition) is 0. The number of carbonyl (C=O) groups is 1. The molecule has 0 aliphatic heterocycles. The van der Waals surface area contributed by atoms with E-state index in [4.69, 9.17) is 13.9 Å². The van der Waals surface area contributed by atoms with Crippen molar-refractivity contribution in [1.29, 1.82) is 0 Å². The van der Waals surface area contributed by atoms with Gasteiger partial charge in [0.2, 0.25) is 11.7 Å². The highest BCUT2D eigenvalue weighted by molar-refractivity contribution is 5.87. The summed E-state index contributed by atoms with van der Waals surface area (Å²) in [6.45, 7) is 5.54. The minimum absolute atomic E-state index is 0.149. The summed E-state index contributed by atoms with van der Waals surface area (Å²) in [5.41, 5.74) is 0.521. The van der Waals surface area contributed by atoms with Crippen LogP contribution in [0.2, 0.25) is 0 Å². The zero-order valence-corrected chi connectivity index (χ0v) is 9.36. The number of oxazole rings is 1. The van der Waals surface area contributed by atoms with E-state index in [9.17, 15) is 4.79 Å². The number of methoxy groups -OCH3 is 1. The first-order chi connectivity index (χ1) is 7.10. The van der Waals surface area contributed by atoms with Gasteiger partial charge in [-0.05, 0) is 20.8 Å². The van der Waals surface area contributed by atoms with Crippen LogP contribution in [-0.4, -0.2) is 24.7 Å². The van der Waals surface area contributed by atoms with Gasteiger partial charge in [-0.3, -0.25) is 0 Å². The van der Waals surface area contributed by atoms with Crippen LogP contribution in [0.3, 0.4) is 0 Å². The van der Waals surface area contributed by atoms with Crippen molar-refractivity contribution in [3.8, 4) is 0 Å². The Morgan fingerprint density at radius 2 is 2.27 bits per heavy atom. The maximum Gasteiger partial charge on any atom is 0.376 e. The summed E-state index contributed by atoms with van der Waals surface area (Å²) in [5.74, 6) is 0.0471. The number of ether oxygens (including phenoxy) is 2. The topological polar surface area (TPSA) is 61.6 Å². The Morgan fingerprint density at radius 1 is 1.60 bits per heavy atom. The van der Waals surface area contributed by atoms with Crippen molar-refractivity contribution in [2.45, 2.75) is 26.9 Å². The highest BCUT2D eigenvalue weighted by Gasteiger charge is 2.21. The summed E-state index contributed by atoms with van der Waals surface area (Å²) in [7, 11) is 1.55. The summed E-state index contributed by atoms with van der Waals surface area (Å²) >= 11 is 0. The van der Waals surface area contributed by atoms with E-state index in [1.807, 2.05) is 0 Å². The van der Waals surface area contributed by atoms with Crippen LogP contribution in [0.4, 0.5) is 0 Å². The molecule has 1 aromatic heterocycles. The number of hydrogen-bond acceptors (Lipinski definition) is 5. The van der Waals surface area contributed by atoms with E-state index in [0.29, 0.717) is 18.2 Å². The van der Waals surface area contributed by atoms with E-state index in [-0.39, 0.29) is 11.9 Å². The lowest BCUT2D eigenvalue weighted by molar-refractivity contribution is 0.0471. The van der Waals surface area contributed by atoms with E-state index in [2.05, 4.69) is 4.98 Å². The molecule has 0 saturated heterocycles. The molecular weight excluding hydrogens is 198 g/mol. The van der Waals surface area contributed by atoms with Gasteiger partial charge in [-0.15, -0.1) is 0 Å². The fraction of sp³-hybridized carbons (Fsp3) is 0.600. The van der Waals surface area contributed by atoms with Crippen molar-refractivity contribution in [3.63, 3.8) is 0 Å². The molecule has 1 atom stereocenters. The third-order valence-corrected chi connectivity index (χ3v) is 1.98. The number of aromatic nitrogens is 1. The number of aryl methyl sites for hydroxylation is 1. The van der Waals surface area contributed by atoms with Crippen molar-refractivity contribution < 1.29 is 18.7 Å². The smallest absolute Gasteiger partial charge is 0.376 e. The summed E-state index contributed by atoms with van der Waals surface area (Å²) < 4.78 is 15.1. The molecule has 0 radical (unpaired) electrons. The van der Waals surface area contributed by atoms with Crippen LogP contribution >= 0.6 is 0 Å². The van der Waals surface area contributed by atoms with Gasteiger partial charge in [0.15, 0.2) is 0 Å². The van der Waals surface area contributed by atoms with Crippen molar-refractivity contribution in [2.75, 3.05) is 13.7 Å². The third kappa shape index (κ3) is 2.56. The number of esters is 1. The van der Waals surface area contributed by atoms with Gasteiger partial charge in [-0.2, -0.15) is 0 Å². The molecule has 5 nitrogen and oxygen atoms in total. The van der Waals surface area contributed by atoms with Crippen molar-refractivity contribution in [1.82, 2.24) is 4.98 Å². The van der Waals surface area contributed by atoms with E-state index in [0.717, 1.165) is 0 Å². The normalized spacial score (nSPS) is 12.5. The molecule has 15 heavy (non-hydrogen) atoms. The average Bonchev–Trinajstić information content (AvgIpc) is 2.59. The molecule has 0 fully saturated rings. The van der Waals surface area contributed by atoms with Crippen LogP contribution in [0.25, 0.3) is 0 Å². The molecule has 0 aromatic carbocycles. The highest BCUT2D eigenvalue weighted by atomic mass is 16.5. The van der Waals surface area contributed by atoms with Crippen LogP contribution < -0.4 is 0 Å². The van der Waals surface area contributed by atoms with Crippen LogP contribution in [0.1, 0.15) is 42.1 Å². The van der Waals surface area contributed by atoms with Crippen molar-refractivity contribution in [2.24, 2.45) is 0 Å². The molecule has 0 aliphatic rings. The van der Waals surface area contributed by atoms with Crippen LogP contribution in [0.15, 0.2) is 4.42 Å². The molecule has 1 heterocycles. The summed E-state index contributed by atoms with van der Waals surface area (Å²) in [6, 6.07) is 0. The van der Waals surface area contributed by atoms with Gasteiger partial charge in [0.25, 0.3) is 0 Å². The molecule has 1 rings (SSSR count). The lowest BCUT2D eigenvalue weighted by Gasteiger charge is -2.02. The summed E-state index contributed by atoms with van der Waals surface area (Å²) in [6.07, 6.45) is -0.271. The second-order valence-corrected chi connectivity index (χ2v) is 3.07. The SMILES string of the molecule is CCOC(=O)c1oc(C(C)OC)nc1C. The van der Waals surface area contributed by atoms with E-state index >= 15 is 0 Å². The Bertz CT molecular complexity index is 345. The third-order valence-electron chi connectivity index (χ3n) is 1.98. The van der Waals surface area contributed by atoms with Gasteiger partial charge in [-0.1, -0.05) is 0 Å². The molecule has 0 aliphatic carbocycles. The predicted molar refractivity (Wildman–Crippen MR) is 52.6 cm³/mol. The first kappa shape index (κ1) is 11.7. The van der Waals surface area contributed by atoms with Crippen LogP contribution in [0, 0.1) is 6.92 Å². The quantitative estimate of drug-likeness (QED) is 0.714. The lowest BCUT2D eigenvalue weighted by atomic mass is 10.4. The Kier molecular flexibility index (Phi) is 3.85. The summed E-state index contributed by atoms with van der Waals surface area (Å²) in [5, 5.41) is 0. The summed E-state index contributed by atoms with van der Waals surface area (Å²) in [4.78, 5) is 15.5. The van der Waals surface area contributed by atoms with Gasteiger partial charge >= 0.3 is 5.97 Å². The predicted octanol–water partition coefficient (Wildman–Crippen LogP) is 1.87. The molecule has 5 heteroatoms. The van der Waals surface area contributed by atoms with Gasteiger partial charge < -0.3 is 13.9 Å². The largest absolute Gasteiger partial charge is 0.460 e. The van der Waals surface area contributed by atoms with Crippen LogP contribution in [0.5, 0.6) is 0 Å². The second-order valence-electron chi connectivity index (χ2n) is 3.07. The minimum atomic E-state index is -0.489. The van der Waals surface area contributed by atoms with E-state index < -0.39 is 5.97 Å². The second kappa shape index (κ2) is 4.93. The van der Waals surface area contributed by atoms with Crippen molar-refractivity contribution >= 4 is 5.97 Å². The first-order valence-electron chi connectivity index (χ1n) is 4.77. The van der Waals surface area contributed by atoms with E-state index in [1.165, 1.54) is 0 Å². The van der Waals surface area contributed by atoms with E-state index in [1.54, 1.807) is 27.9 Å². The number of rotatable bonds is 4. The molecule has 1 aromatic rings. The maximum atomic E-state index is 11.4. The minimum Gasteiger partial charge on any atom is -0.460 e. The molecule has 0 N–H and O–H groups in total. The van der Waals surface area contributed by atoms with Gasteiger partial charge in [0, 0.05) is 7.11 Å². The standard InChI is InChI=1S/C10H15NO4/c1-5-14-10(12)8-6(2)11-9(15-8)7(3)13-4/h7H,5H2,1-4H3. The number of nitrogens with zero attached hydrogens (tertiary/aromatic N) is 1. The Hall–Kier alpha value is -1.36. The number of carbonyl (C=O) groups excluding carboxylic acids is 1. The van der Waals surface area contributed by atoms with Gasteiger partial charge in [0.05, 0.1) is 12.3 Å². The van der Waals surface area contributed by atoms with Crippen molar-refractivity contribution in [3.05, 3.63) is 17.3 Å². The molecule has 0 bridgehead atoms. The van der Waals surface area contributed by atoms with Crippen LogP contribution in [-0.2, 0) is 9.47 Å². The maximum absolute atomic E-state index is 11.4. The average molecular weight is 213 g/mol. The monoisotopic (exact) mass is 213 g/mol. The first-order valence-corrected chi connectivity index (χ1v) is 4.77.